The van der Waals surface area contributed by atoms with Gasteiger partial charge in [-0.1, -0.05) is 35.9 Å². The van der Waals surface area contributed by atoms with Crippen molar-refractivity contribution < 1.29 is 19.4 Å². The second-order valence-electron chi connectivity index (χ2n) is 7.50. The Balaban J connectivity index is 2.24. The molecule has 0 radical (unpaired) electrons. The molecule has 0 saturated carbocycles. The van der Waals surface area contributed by atoms with E-state index >= 15 is 0 Å². The smallest absolute Gasteiger partial charge is 0.295 e. The summed E-state index contributed by atoms with van der Waals surface area (Å²) in [4.78, 5) is 29.5. The van der Waals surface area contributed by atoms with Crippen LogP contribution in [0.5, 0.6) is 5.75 Å². The minimum absolute atomic E-state index is 0.0358. The maximum Gasteiger partial charge on any atom is 0.295 e. The van der Waals surface area contributed by atoms with Crippen molar-refractivity contribution in [1.82, 2.24) is 9.80 Å². The number of amides is 1. The number of aliphatic hydroxyl groups excluding tert-OH is 1. The van der Waals surface area contributed by atoms with E-state index in [1.807, 2.05) is 50.2 Å². The summed E-state index contributed by atoms with van der Waals surface area (Å²) >= 11 is 6.12. The highest BCUT2D eigenvalue weighted by Crippen LogP contribution is 2.42. The first-order chi connectivity index (χ1) is 14.3. The Bertz CT molecular complexity index is 1020. The molecule has 1 aliphatic rings. The van der Waals surface area contributed by atoms with Gasteiger partial charge in [0.25, 0.3) is 11.7 Å². The van der Waals surface area contributed by atoms with Gasteiger partial charge in [0.2, 0.25) is 0 Å². The summed E-state index contributed by atoms with van der Waals surface area (Å²) in [5.41, 5.74) is 2.02. The number of ether oxygens (including phenoxy) is 1. The van der Waals surface area contributed by atoms with Crippen molar-refractivity contribution in [1.29, 1.82) is 0 Å². The zero-order valence-corrected chi connectivity index (χ0v) is 18.2. The third-order valence-electron chi connectivity index (χ3n) is 5.23. The fourth-order valence-electron chi connectivity index (χ4n) is 3.65. The van der Waals surface area contributed by atoms with Gasteiger partial charge >= 0.3 is 0 Å². The Morgan fingerprint density at radius 1 is 1.20 bits per heavy atom. The Morgan fingerprint density at radius 2 is 1.90 bits per heavy atom. The van der Waals surface area contributed by atoms with Crippen LogP contribution in [0.4, 0.5) is 0 Å². The number of aryl methyl sites for hydroxylation is 1. The van der Waals surface area contributed by atoms with Gasteiger partial charge in [-0.3, -0.25) is 9.59 Å². The average Bonchev–Trinajstić information content (AvgIpc) is 2.96. The van der Waals surface area contributed by atoms with Crippen molar-refractivity contribution in [3.8, 4) is 5.75 Å². The quantitative estimate of drug-likeness (QED) is 0.432. The number of carbonyl (C=O) groups is 2. The summed E-state index contributed by atoms with van der Waals surface area (Å²) in [5.74, 6) is -1.29. The van der Waals surface area contributed by atoms with E-state index in [0.29, 0.717) is 23.9 Å². The molecule has 1 N–H and O–H groups in total. The Morgan fingerprint density at radius 3 is 2.53 bits per heavy atom. The lowest BCUT2D eigenvalue weighted by molar-refractivity contribution is -0.140. The molecule has 1 unspecified atom stereocenters. The second kappa shape index (κ2) is 8.90. The van der Waals surface area contributed by atoms with E-state index in [0.717, 1.165) is 11.1 Å². The number of Topliss-reactive ketones (excluding diaryl/α,β-unsaturated/α-hetero) is 1. The van der Waals surface area contributed by atoms with Crippen LogP contribution in [0.25, 0.3) is 5.76 Å². The molecule has 6 nitrogen and oxygen atoms in total. The zero-order valence-electron chi connectivity index (χ0n) is 17.5. The average molecular weight is 429 g/mol. The van der Waals surface area contributed by atoms with Gasteiger partial charge in [0, 0.05) is 18.1 Å². The molecule has 0 spiro atoms. The minimum atomic E-state index is -0.721. The molecule has 158 valence electrons. The van der Waals surface area contributed by atoms with Gasteiger partial charge in [0.05, 0.1) is 24.3 Å². The number of hydrogen-bond donors (Lipinski definition) is 1. The van der Waals surface area contributed by atoms with E-state index in [9.17, 15) is 14.7 Å². The Kier molecular flexibility index (Phi) is 6.48. The Hall–Kier alpha value is -2.83. The molecular weight excluding hydrogens is 404 g/mol. The fourth-order valence-corrected chi connectivity index (χ4v) is 3.82. The summed E-state index contributed by atoms with van der Waals surface area (Å²) in [7, 11) is 5.26. The van der Waals surface area contributed by atoms with Gasteiger partial charge in [-0.05, 0) is 50.3 Å². The molecule has 0 aliphatic carbocycles. The zero-order chi connectivity index (χ0) is 22.0. The van der Waals surface area contributed by atoms with Crippen LogP contribution in [0.15, 0.2) is 48.0 Å². The third-order valence-corrected chi connectivity index (χ3v) is 5.46. The second-order valence-corrected chi connectivity index (χ2v) is 7.93. The van der Waals surface area contributed by atoms with Crippen LogP contribution in [-0.2, 0) is 9.59 Å². The largest absolute Gasteiger partial charge is 0.507 e. The number of benzene rings is 2. The van der Waals surface area contributed by atoms with Gasteiger partial charge in [-0.15, -0.1) is 0 Å². The maximum atomic E-state index is 13.1. The van der Waals surface area contributed by atoms with Crippen LogP contribution in [-0.4, -0.2) is 60.9 Å². The van der Waals surface area contributed by atoms with Crippen LogP contribution in [0.3, 0.4) is 0 Å². The molecule has 7 heteroatoms. The van der Waals surface area contributed by atoms with E-state index in [4.69, 9.17) is 16.3 Å². The van der Waals surface area contributed by atoms with Crippen molar-refractivity contribution in [3.63, 3.8) is 0 Å². The van der Waals surface area contributed by atoms with Crippen LogP contribution in [0, 0.1) is 6.92 Å². The van der Waals surface area contributed by atoms with Crippen molar-refractivity contribution in [3.05, 3.63) is 69.8 Å². The summed E-state index contributed by atoms with van der Waals surface area (Å²) < 4.78 is 5.34. The van der Waals surface area contributed by atoms with Crippen molar-refractivity contribution in [2.45, 2.75) is 13.0 Å². The maximum absolute atomic E-state index is 13.1. The van der Waals surface area contributed by atoms with Crippen molar-refractivity contribution in [2.75, 3.05) is 34.3 Å². The Labute approximate surface area is 181 Å². The molecule has 2 aromatic rings. The topological polar surface area (TPSA) is 70.1 Å². The molecule has 2 aromatic carbocycles. The standard InChI is InChI=1S/C23H25ClN2O4/c1-14-7-5-6-8-16(14)20-19(22(28)23(29)26(20)12-11-25(2)3)21(27)17-13-15(24)9-10-18(17)30-4/h5-10,13,20,27H,11-12H2,1-4H3/b21-19+. The number of hydrogen-bond acceptors (Lipinski definition) is 5. The molecule has 1 saturated heterocycles. The predicted molar refractivity (Wildman–Crippen MR) is 117 cm³/mol. The highest BCUT2D eigenvalue weighted by Gasteiger charge is 2.46. The van der Waals surface area contributed by atoms with E-state index in [-0.39, 0.29) is 16.9 Å². The number of ketones is 1. The lowest BCUT2D eigenvalue weighted by atomic mass is 9.92. The van der Waals surface area contributed by atoms with Gasteiger partial charge in [-0.2, -0.15) is 0 Å². The number of likely N-dealkylation sites (N-methyl/N-ethyl adjacent to an activating group) is 1. The molecule has 0 aromatic heterocycles. The number of aliphatic hydroxyl groups is 1. The van der Waals surface area contributed by atoms with E-state index in [2.05, 4.69) is 0 Å². The normalized spacial score (nSPS) is 18.3. The number of halogens is 1. The third kappa shape index (κ3) is 4.06. The van der Waals surface area contributed by atoms with E-state index < -0.39 is 17.7 Å². The van der Waals surface area contributed by atoms with Gasteiger partial charge in [0.1, 0.15) is 11.5 Å². The predicted octanol–water partition coefficient (Wildman–Crippen LogP) is 3.64. The summed E-state index contributed by atoms with van der Waals surface area (Å²) in [6, 6.07) is 11.6. The fraction of sp³-hybridized carbons (Fsp3) is 0.304. The molecule has 3 rings (SSSR count). The first-order valence-corrected chi connectivity index (χ1v) is 9.96. The monoisotopic (exact) mass is 428 g/mol. The molecule has 1 atom stereocenters. The number of methoxy groups -OCH3 is 1. The van der Waals surface area contributed by atoms with Gasteiger partial charge < -0.3 is 19.6 Å². The van der Waals surface area contributed by atoms with Crippen molar-refractivity contribution in [2.24, 2.45) is 0 Å². The molecular formula is C23H25ClN2O4. The molecule has 1 aliphatic heterocycles. The van der Waals surface area contributed by atoms with E-state index in [1.165, 1.54) is 18.1 Å². The minimum Gasteiger partial charge on any atom is -0.507 e. The first-order valence-electron chi connectivity index (χ1n) is 9.58. The molecule has 1 amide bonds. The molecule has 30 heavy (non-hydrogen) atoms. The number of nitrogens with zero attached hydrogens (tertiary/aromatic N) is 2. The molecule has 0 bridgehead atoms. The summed E-state index contributed by atoms with van der Waals surface area (Å²) in [5, 5.41) is 11.6. The first kappa shape index (κ1) is 21.9. The number of likely N-dealkylation sites (tertiary alicyclic amines) is 1. The lowest BCUT2D eigenvalue weighted by Crippen LogP contribution is -2.35. The SMILES string of the molecule is COc1ccc(Cl)cc1/C(O)=C1\C(=O)C(=O)N(CCN(C)C)C1c1ccccc1C. The summed E-state index contributed by atoms with van der Waals surface area (Å²) in [6.07, 6.45) is 0. The molecule has 1 heterocycles. The van der Waals surface area contributed by atoms with Crippen molar-refractivity contribution >= 4 is 29.1 Å². The number of rotatable bonds is 6. The lowest BCUT2D eigenvalue weighted by Gasteiger charge is -2.27. The highest BCUT2D eigenvalue weighted by atomic mass is 35.5. The van der Waals surface area contributed by atoms with Gasteiger partial charge in [0.15, 0.2) is 0 Å². The van der Waals surface area contributed by atoms with Gasteiger partial charge in [-0.25, -0.2) is 0 Å². The van der Waals surface area contributed by atoms with Crippen LogP contribution in [0.2, 0.25) is 5.02 Å². The highest BCUT2D eigenvalue weighted by molar-refractivity contribution is 6.46. The number of carbonyl (C=O) groups excluding carboxylic acids is 2. The van der Waals surface area contributed by atoms with Crippen LogP contribution < -0.4 is 4.74 Å². The van der Waals surface area contributed by atoms with E-state index in [1.54, 1.807) is 12.1 Å². The van der Waals surface area contributed by atoms with Crippen LogP contribution in [0.1, 0.15) is 22.7 Å². The summed E-state index contributed by atoms with van der Waals surface area (Å²) in [6.45, 7) is 2.84. The van der Waals surface area contributed by atoms with Crippen LogP contribution >= 0.6 is 11.6 Å². The molecule has 1 fully saturated rings.